The molecular weight excluding hydrogens is 262 g/mol. The van der Waals surface area contributed by atoms with Gasteiger partial charge in [0.2, 0.25) is 5.96 Å². The van der Waals surface area contributed by atoms with Gasteiger partial charge in [-0.05, 0) is 18.2 Å². The molecule has 2 aliphatic heterocycles. The molecule has 2 aliphatic rings. The average molecular weight is 277 g/mol. The van der Waals surface area contributed by atoms with Crippen LogP contribution in [0.2, 0.25) is 0 Å². The van der Waals surface area contributed by atoms with Crippen LogP contribution in [0.1, 0.15) is 5.56 Å². The van der Waals surface area contributed by atoms with Crippen molar-refractivity contribution >= 4 is 17.6 Å². The van der Waals surface area contributed by atoms with Crippen molar-refractivity contribution in [1.29, 1.82) is 0 Å². The van der Waals surface area contributed by atoms with E-state index in [2.05, 4.69) is 10.3 Å². The summed E-state index contributed by atoms with van der Waals surface area (Å²) in [5, 5.41) is 20.7. The van der Waals surface area contributed by atoms with Gasteiger partial charge in [-0.2, -0.15) is 0 Å². The first-order chi connectivity index (χ1) is 9.72. The lowest BCUT2D eigenvalue weighted by Gasteiger charge is -2.27. The number of nitrogens with zero attached hydrogens (tertiary/aromatic N) is 2. The summed E-state index contributed by atoms with van der Waals surface area (Å²) in [6.45, 7) is 0.419. The predicted octanol–water partition coefficient (Wildman–Crippen LogP) is -0.649. The quantitative estimate of drug-likeness (QED) is 0.680. The maximum atomic E-state index is 11.7. The fourth-order valence-electron chi connectivity index (χ4n) is 2.36. The van der Waals surface area contributed by atoms with Gasteiger partial charge in [-0.25, -0.2) is 4.99 Å². The van der Waals surface area contributed by atoms with Crippen LogP contribution in [0.4, 0.5) is 5.69 Å². The Morgan fingerprint density at radius 2 is 2.30 bits per heavy atom. The minimum absolute atomic E-state index is 0.0451. The number of hydrogen-bond acceptors (Lipinski definition) is 6. The molecule has 0 saturated carbocycles. The van der Waals surface area contributed by atoms with Gasteiger partial charge < -0.3 is 19.8 Å². The van der Waals surface area contributed by atoms with Crippen molar-refractivity contribution in [3.05, 3.63) is 23.8 Å². The number of aliphatic imine (C=N–C) groups is 1. The van der Waals surface area contributed by atoms with E-state index in [0.29, 0.717) is 18.3 Å². The molecule has 3 N–H and O–H groups in total. The van der Waals surface area contributed by atoms with Gasteiger partial charge in [0.05, 0.1) is 18.9 Å². The number of fused-ring (bicyclic) bond motifs is 2. The number of carbonyl (C=O) groups is 1. The Bertz CT molecular complexity index is 573. The van der Waals surface area contributed by atoms with Crippen molar-refractivity contribution in [3.63, 3.8) is 0 Å². The summed E-state index contributed by atoms with van der Waals surface area (Å²) in [4.78, 5) is 17.8. The van der Waals surface area contributed by atoms with Crippen molar-refractivity contribution < 1.29 is 19.7 Å². The van der Waals surface area contributed by atoms with Crippen molar-refractivity contribution in [2.24, 2.45) is 4.99 Å². The van der Waals surface area contributed by atoms with Gasteiger partial charge in [-0.3, -0.25) is 10.1 Å². The molecule has 0 bridgehead atoms. The summed E-state index contributed by atoms with van der Waals surface area (Å²) >= 11 is 0. The summed E-state index contributed by atoms with van der Waals surface area (Å²) in [7, 11) is 0. The summed E-state index contributed by atoms with van der Waals surface area (Å²) in [6, 6.07) is 4.82. The minimum Gasteiger partial charge on any atom is -0.491 e. The van der Waals surface area contributed by atoms with Crippen LogP contribution in [-0.2, 0) is 11.3 Å². The zero-order valence-electron chi connectivity index (χ0n) is 10.7. The Kier molecular flexibility index (Phi) is 3.29. The van der Waals surface area contributed by atoms with Crippen LogP contribution in [0, 0.1) is 0 Å². The predicted molar refractivity (Wildman–Crippen MR) is 70.7 cm³/mol. The molecule has 0 aliphatic carbocycles. The maximum absolute atomic E-state index is 11.7. The highest BCUT2D eigenvalue weighted by molar-refractivity contribution is 6.07. The number of rotatable bonds is 4. The number of nitrogens with one attached hydrogen (secondary N) is 1. The number of guanidine groups is 1. The standard InChI is InChI=1S/C13H15N3O4/c17-3-4-20-9-1-2-10-8(5-9)6-16-11(7-18)12(19)15-13(16)14-10/h1-2,5,11,17-18H,3-4,6-7H2,(H,14,15,19). The van der Waals surface area contributed by atoms with E-state index >= 15 is 0 Å². The van der Waals surface area contributed by atoms with Crippen LogP contribution in [0.15, 0.2) is 23.2 Å². The lowest BCUT2D eigenvalue weighted by atomic mass is 10.1. The summed E-state index contributed by atoms with van der Waals surface area (Å²) < 4.78 is 5.36. The fraction of sp³-hybridized carbons (Fsp3) is 0.385. The van der Waals surface area contributed by atoms with E-state index < -0.39 is 6.04 Å². The van der Waals surface area contributed by atoms with Gasteiger partial charge in [0.15, 0.2) is 0 Å². The Morgan fingerprint density at radius 1 is 1.45 bits per heavy atom. The highest BCUT2D eigenvalue weighted by atomic mass is 16.5. The van der Waals surface area contributed by atoms with Crippen molar-refractivity contribution in [2.75, 3.05) is 19.8 Å². The molecule has 0 radical (unpaired) electrons. The Morgan fingerprint density at radius 3 is 3.05 bits per heavy atom. The number of hydrogen-bond donors (Lipinski definition) is 3. The third-order valence-electron chi connectivity index (χ3n) is 3.34. The van der Waals surface area contributed by atoms with Crippen molar-refractivity contribution in [1.82, 2.24) is 10.2 Å². The maximum Gasteiger partial charge on any atom is 0.251 e. The Balaban J connectivity index is 1.88. The minimum atomic E-state index is -0.594. The molecule has 1 amide bonds. The molecule has 0 aromatic heterocycles. The first kappa shape index (κ1) is 12.9. The third kappa shape index (κ3) is 2.10. The van der Waals surface area contributed by atoms with E-state index in [1.54, 1.807) is 11.0 Å². The summed E-state index contributed by atoms with van der Waals surface area (Å²) in [5.74, 6) is 0.886. The highest BCUT2D eigenvalue weighted by Crippen LogP contribution is 2.31. The van der Waals surface area contributed by atoms with Crippen LogP contribution < -0.4 is 10.1 Å². The van der Waals surface area contributed by atoms with E-state index in [9.17, 15) is 9.90 Å². The number of aliphatic hydroxyl groups is 2. The lowest BCUT2D eigenvalue weighted by molar-refractivity contribution is -0.122. The molecule has 1 fully saturated rings. The molecule has 20 heavy (non-hydrogen) atoms. The smallest absolute Gasteiger partial charge is 0.251 e. The zero-order valence-corrected chi connectivity index (χ0v) is 10.7. The number of benzene rings is 1. The van der Waals surface area contributed by atoms with E-state index in [0.717, 1.165) is 11.3 Å². The molecule has 0 spiro atoms. The first-order valence-corrected chi connectivity index (χ1v) is 6.36. The average Bonchev–Trinajstić information content (AvgIpc) is 2.76. The second-order valence-electron chi connectivity index (χ2n) is 4.61. The number of carbonyl (C=O) groups excluding carboxylic acids is 1. The molecule has 3 rings (SSSR count). The zero-order chi connectivity index (χ0) is 14.1. The van der Waals surface area contributed by atoms with Crippen LogP contribution in [-0.4, -0.2) is 52.8 Å². The molecule has 1 atom stereocenters. The first-order valence-electron chi connectivity index (χ1n) is 6.36. The molecule has 1 saturated heterocycles. The third-order valence-corrected chi connectivity index (χ3v) is 3.34. The summed E-state index contributed by atoms with van der Waals surface area (Å²) in [5.41, 5.74) is 1.69. The largest absolute Gasteiger partial charge is 0.491 e. The molecule has 7 heteroatoms. The van der Waals surface area contributed by atoms with Gasteiger partial charge >= 0.3 is 0 Å². The number of aliphatic hydroxyl groups excluding tert-OH is 2. The molecular formula is C13H15N3O4. The molecule has 1 aromatic carbocycles. The van der Waals surface area contributed by atoms with E-state index in [-0.39, 0.29) is 25.7 Å². The highest BCUT2D eigenvalue weighted by Gasteiger charge is 2.38. The van der Waals surface area contributed by atoms with Crippen molar-refractivity contribution in [3.8, 4) is 5.75 Å². The molecule has 106 valence electrons. The number of amides is 1. The molecule has 1 aromatic rings. The summed E-state index contributed by atoms with van der Waals surface area (Å²) in [6.07, 6.45) is 0. The van der Waals surface area contributed by atoms with E-state index in [1.165, 1.54) is 0 Å². The number of ether oxygens (including phenoxy) is 1. The van der Waals surface area contributed by atoms with E-state index in [1.807, 2.05) is 12.1 Å². The Labute approximate surface area is 115 Å². The van der Waals surface area contributed by atoms with E-state index in [4.69, 9.17) is 9.84 Å². The lowest BCUT2D eigenvalue weighted by Crippen LogP contribution is -2.39. The normalized spacial score (nSPS) is 20.1. The van der Waals surface area contributed by atoms with Gasteiger partial charge in [0.1, 0.15) is 18.4 Å². The molecule has 1 unspecified atom stereocenters. The van der Waals surface area contributed by atoms with Crippen molar-refractivity contribution in [2.45, 2.75) is 12.6 Å². The van der Waals surface area contributed by atoms with Gasteiger partial charge in [0.25, 0.3) is 5.91 Å². The van der Waals surface area contributed by atoms with Gasteiger partial charge in [-0.15, -0.1) is 0 Å². The van der Waals surface area contributed by atoms with Crippen LogP contribution in [0.5, 0.6) is 5.75 Å². The van der Waals surface area contributed by atoms with Gasteiger partial charge in [-0.1, -0.05) is 0 Å². The second-order valence-corrected chi connectivity index (χ2v) is 4.61. The second kappa shape index (κ2) is 5.10. The fourth-order valence-corrected chi connectivity index (χ4v) is 2.36. The molecule has 7 nitrogen and oxygen atoms in total. The van der Waals surface area contributed by atoms with Gasteiger partial charge in [0, 0.05) is 12.1 Å². The molecule has 2 heterocycles. The van der Waals surface area contributed by atoms with Crippen LogP contribution >= 0.6 is 0 Å². The Hall–Kier alpha value is -2.12. The monoisotopic (exact) mass is 277 g/mol. The topological polar surface area (TPSA) is 94.4 Å². The van der Waals surface area contributed by atoms with Crippen LogP contribution in [0.25, 0.3) is 0 Å². The van der Waals surface area contributed by atoms with Crippen LogP contribution in [0.3, 0.4) is 0 Å². The SMILES string of the molecule is O=C1NC2=Nc3ccc(OCCO)cc3CN2C1CO.